The van der Waals surface area contributed by atoms with E-state index in [1.807, 2.05) is 0 Å². The van der Waals surface area contributed by atoms with Gasteiger partial charge in [0.2, 0.25) is 0 Å². The standard InChI is InChI=1S/C33H38/c1-6-25-9-11-26(12-10-25)21-27-13-16-29(17-14-27)33(23(3)4)32-19-18-31(22-28(32)7-2)30-15-8-24(5)20-30/h1,8-12,15,18-20,22,24,27,29,33H,3,7,13-14,16-17,21H2,2,4-5H3. The monoisotopic (exact) mass is 434 g/mol. The molecule has 0 aliphatic heterocycles. The molecule has 2 unspecified atom stereocenters. The molecular weight excluding hydrogens is 396 g/mol. The Kier molecular flexibility index (Phi) is 7.39. The van der Waals surface area contributed by atoms with Crippen LogP contribution >= 0.6 is 0 Å². The molecule has 0 amide bonds. The molecule has 33 heavy (non-hydrogen) atoms. The summed E-state index contributed by atoms with van der Waals surface area (Å²) in [7, 11) is 0. The molecule has 1 fully saturated rings. The Morgan fingerprint density at radius 1 is 1.09 bits per heavy atom. The molecule has 0 spiro atoms. The Labute approximate surface area is 201 Å². The van der Waals surface area contributed by atoms with Crippen molar-refractivity contribution in [2.75, 3.05) is 0 Å². The summed E-state index contributed by atoms with van der Waals surface area (Å²) < 4.78 is 0. The van der Waals surface area contributed by atoms with E-state index < -0.39 is 0 Å². The summed E-state index contributed by atoms with van der Waals surface area (Å²) in [4.78, 5) is 0. The average molecular weight is 435 g/mol. The van der Waals surface area contributed by atoms with Crippen LogP contribution in [0.3, 0.4) is 0 Å². The Hall–Kier alpha value is -2.78. The van der Waals surface area contributed by atoms with Gasteiger partial charge in [-0.2, -0.15) is 0 Å². The molecular formula is C33H38. The molecule has 0 N–H and O–H groups in total. The van der Waals surface area contributed by atoms with Crippen LogP contribution in [0.25, 0.3) is 5.57 Å². The minimum absolute atomic E-state index is 0.469. The molecule has 0 radical (unpaired) electrons. The highest BCUT2D eigenvalue weighted by Gasteiger charge is 2.30. The van der Waals surface area contributed by atoms with Gasteiger partial charge in [0, 0.05) is 11.5 Å². The zero-order chi connectivity index (χ0) is 23.4. The molecule has 170 valence electrons. The summed E-state index contributed by atoms with van der Waals surface area (Å²) in [5.41, 5.74) is 9.44. The van der Waals surface area contributed by atoms with Crippen molar-refractivity contribution in [3.63, 3.8) is 0 Å². The number of terminal acetylenes is 1. The van der Waals surface area contributed by atoms with Gasteiger partial charge in [-0.15, -0.1) is 6.42 Å². The molecule has 2 atom stereocenters. The summed E-state index contributed by atoms with van der Waals surface area (Å²) in [6, 6.07) is 15.8. The molecule has 2 aromatic rings. The van der Waals surface area contributed by atoms with Crippen molar-refractivity contribution in [3.8, 4) is 12.3 Å². The quantitative estimate of drug-likeness (QED) is 0.302. The highest BCUT2D eigenvalue weighted by atomic mass is 14.3. The minimum atomic E-state index is 0.469. The van der Waals surface area contributed by atoms with Crippen LogP contribution in [-0.4, -0.2) is 0 Å². The normalized spacial score (nSPS) is 23.1. The van der Waals surface area contributed by atoms with E-state index in [-0.39, 0.29) is 0 Å². The van der Waals surface area contributed by atoms with E-state index >= 15 is 0 Å². The molecule has 0 heterocycles. The Morgan fingerprint density at radius 3 is 2.39 bits per heavy atom. The summed E-state index contributed by atoms with van der Waals surface area (Å²) in [6.45, 7) is 11.2. The van der Waals surface area contributed by atoms with Gasteiger partial charge in [-0.3, -0.25) is 0 Å². The first-order valence-corrected chi connectivity index (χ1v) is 12.7. The number of hydrogen-bond donors (Lipinski definition) is 0. The zero-order valence-electron chi connectivity index (χ0n) is 20.6. The molecule has 1 saturated carbocycles. The fourth-order valence-corrected chi connectivity index (χ4v) is 5.95. The summed E-state index contributed by atoms with van der Waals surface area (Å²) in [5, 5.41) is 0. The van der Waals surface area contributed by atoms with Crippen molar-refractivity contribution in [2.45, 2.75) is 65.2 Å². The molecule has 4 rings (SSSR count). The number of benzene rings is 2. The maximum absolute atomic E-state index is 5.50. The summed E-state index contributed by atoms with van der Waals surface area (Å²) in [5.74, 6) is 5.20. The van der Waals surface area contributed by atoms with Crippen LogP contribution in [0.15, 0.2) is 72.8 Å². The second-order valence-corrected chi connectivity index (χ2v) is 10.3. The zero-order valence-corrected chi connectivity index (χ0v) is 20.6. The summed E-state index contributed by atoms with van der Waals surface area (Å²) >= 11 is 0. The minimum Gasteiger partial charge on any atom is -0.115 e. The fraction of sp³-hybridized carbons (Fsp3) is 0.394. The SMILES string of the molecule is C#Cc1ccc(CC2CCC(C(C(=C)C)c3ccc(C4=CC(C)C=C4)cc3CC)CC2)cc1. The van der Waals surface area contributed by atoms with E-state index in [2.05, 4.69) is 94.0 Å². The van der Waals surface area contributed by atoms with E-state index in [0.717, 1.165) is 17.9 Å². The maximum atomic E-state index is 5.50. The first-order valence-electron chi connectivity index (χ1n) is 12.7. The predicted molar refractivity (Wildman–Crippen MR) is 143 cm³/mol. The van der Waals surface area contributed by atoms with Crippen LogP contribution in [0.2, 0.25) is 0 Å². The molecule has 2 aliphatic rings. The van der Waals surface area contributed by atoms with E-state index in [1.54, 1.807) is 0 Å². The second kappa shape index (κ2) is 10.4. The van der Waals surface area contributed by atoms with Gasteiger partial charge in [-0.1, -0.05) is 80.5 Å². The lowest BCUT2D eigenvalue weighted by Crippen LogP contribution is -2.23. The fourth-order valence-electron chi connectivity index (χ4n) is 5.95. The highest BCUT2D eigenvalue weighted by molar-refractivity contribution is 5.77. The van der Waals surface area contributed by atoms with Gasteiger partial charge in [-0.25, -0.2) is 0 Å². The van der Waals surface area contributed by atoms with Crippen molar-refractivity contribution in [3.05, 3.63) is 101 Å². The van der Waals surface area contributed by atoms with Crippen LogP contribution in [0.4, 0.5) is 0 Å². The predicted octanol–water partition coefficient (Wildman–Crippen LogP) is 8.53. The molecule has 0 nitrogen and oxygen atoms in total. The lowest BCUT2D eigenvalue weighted by Gasteiger charge is -2.35. The van der Waals surface area contributed by atoms with Crippen molar-refractivity contribution in [1.82, 2.24) is 0 Å². The average Bonchev–Trinajstić information content (AvgIpc) is 3.27. The van der Waals surface area contributed by atoms with Crippen LogP contribution in [-0.2, 0) is 12.8 Å². The van der Waals surface area contributed by atoms with Crippen molar-refractivity contribution in [2.24, 2.45) is 17.8 Å². The van der Waals surface area contributed by atoms with Crippen LogP contribution in [0.5, 0.6) is 0 Å². The van der Waals surface area contributed by atoms with E-state index in [4.69, 9.17) is 6.42 Å². The third-order valence-corrected chi connectivity index (χ3v) is 7.75. The van der Waals surface area contributed by atoms with Gasteiger partial charge in [-0.05, 0) is 103 Å². The van der Waals surface area contributed by atoms with Gasteiger partial charge < -0.3 is 0 Å². The Bertz CT molecular complexity index is 1080. The van der Waals surface area contributed by atoms with Crippen molar-refractivity contribution >= 4 is 5.57 Å². The topological polar surface area (TPSA) is 0 Å². The van der Waals surface area contributed by atoms with Gasteiger partial charge in [0.15, 0.2) is 0 Å². The largest absolute Gasteiger partial charge is 0.115 e. The maximum Gasteiger partial charge on any atom is 0.0242 e. The number of aryl methyl sites for hydroxylation is 1. The summed E-state index contributed by atoms with van der Waals surface area (Å²) in [6.07, 6.45) is 19.9. The van der Waals surface area contributed by atoms with Gasteiger partial charge in [0.1, 0.15) is 0 Å². The molecule has 0 aromatic heterocycles. The van der Waals surface area contributed by atoms with Gasteiger partial charge >= 0.3 is 0 Å². The third kappa shape index (κ3) is 5.42. The molecule has 2 aliphatic carbocycles. The number of allylic oxidation sites excluding steroid dienone is 5. The van der Waals surface area contributed by atoms with Crippen LogP contribution in [0.1, 0.15) is 80.2 Å². The van der Waals surface area contributed by atoms with Crippen molar-refractivity contribution in [1.29, 1.82) is 0 Å². The van der Waals surface area contributed by atoms with E-state index in [0.29, 0.717) is 17.8 Å². The Balaban J connectivity index is 1.47. The van der Waals surface area contributed by atoms with Crippen LogP contribution in [0, 0.1) is 30.1 Å². The molecule has 0 bridgehead atoms. The Morgan fingerprint density at radius 2 is 1.82 bits per heavy atom. The van der Waals surface area contributed by atoms with E-state index in [9.17, 15) is 0 Å². The number of rotatable bonds is 7. The highest BCUT2D eigenvalue weighted by Crippen LogP contribution is 2.44. The molecule has 2 aromatic carbocycles. The first kappa shape index (κ1) is 23.4. The van der Waals surface area contributed by atoms with Crippen molar-refractivity contribution < 1.29 is 0 Å². The third-order valence-electron chi connectivity index (χ3n) is 7.75. The van der Waals surface area contributed by atoms with Crippen LogP contribution < -0.4 is 0 Å². The van der Waals surface area contributed by atoms with Gasteiger partial charge in [0.25, 0.3) is 0 Å². The molecule has 0 heteroatoms. The smallest absolute Gasteiger partial charge is 0.0242 e. The van der Waals surface area contributed by atoms with Gasteiger partial charge in [0.05, 0.1) is 0 Å². The molecule has 0 saturated heterocycles. The second-order valence-electron chi connectivity index (χ2n) is 10.3. The van der Waals surface area contributed by atoms with E-state index in [1.165, 1.54) is 65.5 Å². The first-order chi connectivity index (χ1) is 16.0. The lowest BCUT2D eigenvalue weighted by molar-refractivity contribution is 0.253. The lowest BCUT2D eigenvalue weighted by atomic mass is 9.69. The number of hydrogen-bond acceptors (Lipinski definition) is 0.